The highest BCUT2D eigenvalue weighted by Gasteiger charge is 2.30. The summed E-state index contributed by atoms with van der Waals surface area (Å²) in [5.74, 6) is 0. The summed E-state index contributed by atoms with van der Waals surface area (Å²) in [5.41, 5.74) is 0. The van der Waals surface area contributed by atoms with Crippen molar-refractivity contribution < 1.29 is 4.79 Å². The zero-order valence-corrected chi connectivity index (χ0v) is 8.83. The van der Waals surface area contributed by atoms with Crippen LogP contribution < -0.4 is 5.32 Å². The molecule has 4 nitrogen and oxygen atoms in total. The highest BCUT2D eigenvalue weighted by Crippen LogP contribution is 2.20. The van der Waals surface area contributed by atoms with Gasteiger partial charge in [0.05, 0.1) is 0 Å². The fourth-order valence-electron chi connectivity index (χ4n) is 2.49. The van der Waals surface area contributed by atoms with Crippen LogP contribution in [0.5, 0.6) is 0 Å². The second-order valence-corrected chi connectivity index (χ2v) is 4.19. The Morgan fingerprint density at radius 3 is 2.64 bits per heavy atom. The van der Waals surface area contributed by atoms with Gasteiger partial charge in [-0.25, -0.2) is 4.79 Å². The molecule has 0 saturated carbocycles. The van der Waals surface area contributed by atoms with Crippen LogP contribution in [0.1, 0.15) is 19.3 Å². The Kier molecular flexibility index (Phi) is 2.91. The molecule has 2 fully saturated rings. The number of hydrogen-bond donors (Lipinski definition) is 1. The molecule has 2 rings (SSSR count). The summed E-state index contributed by atoms with van der Waals surface area (Å²) in [6.07, 6.45) is 3.81. The average molecular weight is 197 g/mol. The minimum absolute atomic E-state index is 0.0756. The van der Waals surface area contributed by atoms with E-state index in [0.29, 0.717) is 6.04 Å². The molecule has 0 radical (unpaired) electrons. The molecule has 0 aromatic heterocycles. The first-order valence-corrected chi connectivity index (χ1v) is 5.52. The van der Waals surface area contributed by atoms with Crippen LogP contribution >= 0.6 is 0 Å². The summed E-state index contributed by atoms with van der Waals surface area (Å²) in [5, 5.41) is 2.69. The molecule has 1 unspecified atom stereocenters. The van der Waals surface area contributed by atoms with E-state index in [2.05, 4.69) is 10.2 Å². The Balaban J connectivity index is 1.84. The number of nitrogens with one attached hydrogen (secondary N) is 1. The van der Waals surface area contributed by atoms with Crippen LogP contribution in [0.25, 0.3) is 0 Å². The molecule has 1 N–H and O–H groups in total. The van der Waals surface area contributed by atoms with Crippen LogP contribution in [0.15, 0.2) is 0 Å². The van der Waals surface area contributed by atoms with Crippen LogP contribution in [0.2, 0.25) is 0 Å². The smallest absolute Gasteiger partial charge is 0.317 e. The number of urea groups is 1. The lowest BCUT2D eigenvalue weighted by Gasteiger charge is -2.23. The fourth-order valence-corrected chi connectivity index (χ4v) is 2.49. The third-order valence-electron chi connectivity index (χ3n) is 3.32. The Hall–Kier alpha value is -0.770. The lowest BCUT2D eigenvalue weighted by Crippen LogP contribution is -2.40. The van der Waals surface area contributed by atoms with Crippen LogP contribution in [-0.4, -0.2) is 55.1 Å². The van der Waals surface area contributed by atoms with Gasteiger partial charge < -0.3 is 10.2 Å². The topological polar surface area (TPSA) is 35.6 Å². The number of hydrogen-bond acceptors (Lipinski definition) is 2. The summed E-state index contributed by atoms with van der Waals surface area (Å²) in [6.45, 7) is 4.29. The molecule has 14 heavy (non-hydrogen) atoms. The van der Waals surface area contributed by atoms with Crippen molar-refractivity contribution in [2.75, 3.05) is 33.2 Å². The molecule has 4 heteroatoms. The number of likely N-dealkylation sites (tertiary alicyclic amines) is 2. The van der Waals surface area contributed by atoms with E-state index in [0.717, 1.165) is 19.5 Å². The summed E-state index contributed by atoms with van der Waals surface area (Å²) in [7, 11) is 1.70. The lowest BCUT2D eigenvalue weighted by atomic mass is 10.2. The quantitative estimate of drug-likeness (QED) is 0.664. The maximum atomic E-state index is 11.4. The molecule has 2 aliphatic rings. The molecule has 2 amide bonds. The minimum Gasteiger partial charge on any atom is -0.341 e. The van der Waals surface area contributed by atoms with Gasteiger partial charge in [-0.15, -0.1) is 0 Å². The second kappa shape index (κ2) is 4.17. The molecule has 0 aromatic rings. The van der Waals surface area contributed by atoms with Gasteiger partial charge in [0, 0.05) is 26.2 Å². The fraction of sp³-hybridized carbons (Fsp3) is 0.900. The van der Waals surface area contributed by atoms with E-state index in [1.54, 1.807) is 7.05 Å². The maximum absolute atomic E-state index is 11.4. The van der Waals surface area contributed by atoms with Gasteiger partial charge in [-0.2, -0.15) is 0 Å². The molecule has 1 atom stereocenters. The van der Waals surface area contributed by atoms with E-state index < -0.39 is 0 Å². The summed E-state index contributed by atoms with van der Waals surface area (Å²) >= 11 is 0. The number of carbonyl (C=O) groups is 1. The predicted molar refractivity (Wildman–Crippen MR) is 55.2 cm³/mol. The molecule has 2 saturated heterocycles. The highest BCUT2D eigenvalue weighted by molar-refractivity contribution is 5.74. The van der Waals surface area contributed by atoms with Gasteiger partial charge in [0.1, 0.15) is 0 Å². The molecule has 0 aromatic carbocycles. The molecule has 0 bridgehead atoms. The first-order chi connectivity index (χ1) is 6.81. The molecule has 2 heterocycles. The second-order valence-electron chi connectivity index (χ2n) is 4.19. The number of amides is 2. The molecule has 2 aliphatic heterocycles. The largest absolute Gasteiger partial charge is 0.341 e. The Morgan fingerprint density at radius 2 is 2.00 bits per heavy atom. The number of rotatable bonds is 1. The minimum atomic E-state index is 0.0756. The number of nitrogens with zero attached hydrogens (tertiary/aromatic N) is 2. The van der Waals surface area contributed by atoms with Crippen molar-refractivity contribution in [3.63, 3.8) is 0 Å². The van der Waals surface area contributed by atoms with Crippen molar-refractivity contribution in [1.29, 1.82) is 0 Å². The summed E-state index contributed by atoms with van der Waals surface area (Å²) in [6, 6.07) is 0.696. The Bertz CT molecular complexity index is 213. The average Bonchev–Trinajstić information content (AvgIpc) is 2.86. The lowest BCUT2D eigenvalue weighted by molar-refractivity contribution is 0.200. The SMILES string of the molecule is CNC(=O)N1CCC(N2CCCC2)C1. The summed E-state index contributed by atoms with van der Waals surface area (Å²) in [4.78, 5) is 15.8. The predicted octanol–water partition coefficient (Wildman–Crippen LogP) is 0.496. The first kappa shape index (κ1) is 9.77. The normalized spacial score (nSPS) is 28.4. The van der Waals surface area contributed by atoms with E-state index in [1.165, 1.54) is 25.9 Å². The first-order valence-electron chi connectivity index (χ1n) is 5.52. The molecule has 0 aliphatic carbocycles. The van der Waals surface area contributed by atoms with E-state index in [1.807, 2.05) is 4.90 Å². The van der Waals surface area contributed by atoms with E-state index >= 15 is 0 Å². The van der Waals surface area contributed by atoms with Gasteiger partial charge in [0.25, 0.3) is 0 Å². The van der Waals surface area contributed by atoms with Crippen molar-refractivity contribution in [3.8, 4) is 0 Å². The van der Waals surface area contributed by atoms with Gasteiger partial charge in [-0.05, 0) is 32.4 Å². The summed E-state index contributed by atoms with van der Waals surface area (Å²) < 4.78 is 0. The van der Waals surface area contributed by atoms with Gasteiger partial charge >= 0.3 is 6.03 Å². The van der Waals surface area contributed by atoms with Crippen molar-refractivity contribution in [2.24, 2.45) is 0 Å². The van der Waals surface area contributed by atoms with E-state index in [-0.39, 0.29) is 6.03 Å². The van der Waals surface area contributed by atoms with Gasteiger partial charge in [0.15, 0.2) is 0 Å². The van der Waals surface area contributed by atoms with Crippen molar-refractivity contribution >= 4 is 6.03 Å². The van der Waals surface area contributed by atoms with Gasteiger partial charge in [-0.1, -0.05) is 0 Å². The monoisotopic (exact) mass is 197 g/mol. The van der Waals surface area contributed by atoms with Crippen LogP contribution in [0, 0.1) is 0 Å². The van der Waals surface area contributed by atoms with Crippen molar-refractivity contribution in [3.05, 3.63) is 0 Å². The Labute approximate surface area is 85.2 Å². The van der Waals surface area contributed by atoms with Gasteiger partial charge in [0.2, 0.25) is 0 Å². The van der Waals surface area contributed by atoms with Crippen molar-refractivity contribution in [1.82, 2.24) is 15.1 Å². The van der Waals surface area contributed by atoms with E-state index in [9.17, 15) is 4.79 Å². The van der Waals surface area contributed by atoms with Gasteiger partial charge in [-0.3, -0.25) is 4.90 Å². The Morgan fingerprint density at radius 1 is 1.29 bits per heavy atom. The van der Waals surface area contributed by atoms with Crippen LogP contribution in [0.3, 0.4) is 0 Å². The zero-order valence-electron chi connectivity index (χ0n) is 8.83. The standard InChI is InChI=1S/C10H19N3O/c1-11-10(14)13-7-4-9(8-13)12-5-2-3-6-12/h9H,2-8H2,1H3,(H,11,14). The third kappa shape index (κ3) is 1.85. The van der Waals surface area contributed by atoms with Crippen molar-refractivity contribution in [2.45, 2.75) is 25.3 Å². The van der Waals surface area contributed by atoms with Crippen LogP contribution in [-0.2, 0) is 0 Å². The molecule has 80 valence electrons. The maximum Gasteiger partial charge on any atom is 0.317 e. The molecule has 0 spiro atoms. The number of carbonyl (C=O) groups excluding carboxylic acids is 1. The molecular formula is C10H19N3O. The molecular weight excluding hydrogens is 178 g/mol. The highest BCUT2D eigenvalue weighted by atomic mass is 16.2. The van der Waals surface area contributed by atoms with E-state index in [4.69, 9.17) is 0 Å². The van der Waals surface area contributed by atoms with Crippen LogP contribution in [0.4, 0.5) is 4.79 Å². The third-order valence-corrected chi connectivity index (χ3v) is 3.32. The zero-order chi connectivity index (χ0) is 9.97.